The Bertz CT molecular complexity index is 334. The summed E-state index contributed by atoms with van der Waals surface area (Å²) in [4.78, 5) is 16.6. The monoisotopic (exact) mass is 355 g/mol. The minimum Gasteiger partial charge on any atom is -0.364 e. The van der Waals surface area contributed by atoms with E-state index in [9.17, 15) is 4.79 Å². The Morgan fingerprint density at radius 2 is 2.00 bits per heavy atom. The summed E-state index contributed by atoms with van der Waals surface area (Å²) in [6, 6.07) is 0.625. The van der Waals surface area contributed by atoms with E-state index in [-0.39, 0.29) is 42.9 Å². The molecule has 0 aromatic rings. The first-order valence-corrected chi connectivity index (χ1v) is 7.92. The van der Waals surface area contributed by atoms with E-state index in [4.69, 9.17) is 10.5 Å². The number of hydrogen-bond acceptors (Lipinski definition) is 4. The third kappa shape index (κ3) is 5.85. The Morgan fingerprint density at radius 3 is 2.59 bits per heavy atom. The van der Waals surface area contributed by atoms with E-state index in [0.29, 0.717) is 12.6 Å². The third-order valence-electron chi connectivity index (χ3n) is 4.74. The van der Waals surface area contributed by atoms with Gasteiger partial charge in [-0.1, -0.05) is 6.42 Å². The molecule has 0 aromatic heterocycles. The molecule has 0 bridgehead atoms. The number of likely N-dealkylation sites (N-methyl/N-ethyl adjacent to an activating group) is 1. The van der Waals surface area contributed by atoms with Gasteiger partial charge in [0, 0.05) is 26.2 Å². The second kappa shape index (κ2) is 10.7. The van der Waals surface area contributed by atoms with Gasteiger partial charge in [0.1, 0.15) is 6.10 Å². The maximum absolute atomic E-state index is 12.3. The summed E-state index contributed by atoms with van der Waals surface area (Å²) in [5.74, 6) is 0.124. The van der Waals surface area contributed by atoms with Crippen molar-refractivity contribution in [2.24, 2.45) is 5.73 Å². The SMILES string of the molecule is CN(CCC1CCCCN1C)C(=O)[C@@H]1CC[C@H](CN)O1.Cl.Cl. The van der Waals surface area contributed by atoms with Gasteiger partial charge in [0.25, 0.3) is 5.91 Å². The number of nitrogens with two attached hydrogens (primary N) is 1. The second-order valence-corrected chi connectivity index (χ2v) is 6.24. The molecule has 2 N–H and O–H groups in total. The quantitative estimate of drug-likeness (QED) is 0.814. The van der Waals surface area contributed by atoms with Gasteiger partial charge in [0.15, 0.2) is 0 Å². The third-order valence-corrected chi connectivity index (χ3v) is 4.74. The average molecular weight is 356 g/mol. The van der Waals surface area contributed by atoms with Crippen LogP contribution in [0.2, 0.25) is 0 Å². The van der Waals surface area contributed by atoms with Crippen molar-refractivity contribution in [3.05, 3.63) is 0 Å². The van der Waals surface area contributed by atoms with Crippen LogP contribution in [0.5, 0.6) is 0 Å². The molecule has 3 atom stereocenters. The van der Waals surface area contributed by atoms with Gasteiger partial charge >= 0.3 is 0 Å². The van der Waals surface area contributed by atoms with Crippen molar-refractivity contribution in [2.75, 3.05) is 33.7 Å². The first-order chi connectivity index (χ1) is 9.61. The highest BCUT2D eigenvalue weighted by atomic mass is 35.5. The maximum atomic E-state index is 12.3. The van der Waals surface area contributed by atoms with Crippen molar-refractivity contribution in [2.45, 2.75) is 56.8 Å². The molecule has 0 spiro atoms. The lowest BCUT2D eigenvalue weighted by atomic mass is 10.00. The molecule has 2 aliphatic heterocycles. The molecule has 0 radical (unpaired) electrons. The highest BCUT2D eigenvalue weighted by Gasteiger charge is 2.32. The lowest BCUT2D eigenvalue weighted by Gasteiger charge is -2.33. The van der Waals surface area contributed by atoms with E-state index >= 15 is 0 Å². The molecule has 22 heavy (non-hydrogen) atoms. The van der Waals surface area contributed by atoms with Gasteiger partial charge in [0.2, 0.25) is 0 Å². The van der Waals surface area contributed by atoms with Crippen LogP contribution in [0.3, 0.4) is 0 Å². The largest absolute Gasteiger partial charge is 0.364 e. The van der Waals surface area contributed by atoms with E-state index in [2.05, 4.69) is 11.9 Å². The number of rotatable bonds is 5. The highest BCUT2D eigenvalue weighted by molar-refractivity contribution is 5.85. The maximum Gasteiger partial charge on any atom is 0.251 e. The van der Waals surface area contributed by atoms with Crippen molar-refractivity contribution < 1.29 is 9.53 Å². The molecule has 2 fully saturated rings. The first-order valence-electron chi connectivity index (χ1n) is 7.92. The summed E-state index contributed by atoms with van der Waals surface area (Å²) in [5.41, 5.74) is 5.59. The summed E-state index contributed by atoms with van der Waals surface area (Å²) in [6.07, 6.45) is 6.47. The normalized spacial score (nSPS) is 28.6. The van der Waals surface area contributed by atoms with Gasteiger partial charge in [-0.05, 0) is 45.7 Å². The molecule has 132 valence electrons. The molecule has 2 rings (SSSR count). The highest BCUT2D eigenvalue weighted by Crippen LogP contribution is 2.21. The number of halogens is 2. The zero-order valence-electron chi connectivity index (χ0n) is 13.7. The zero-order valence-corrected chi connectivity index (χ0v) is 15.3. The van der Waals surface area contributed by atoms with Crippen LogP contribution in [0.1, 0.15) is 38.5 Å². The molecule has 5 nitrogen and oxygen atoms in total. The van der Waals surface area contributed by atoms with Gasteiger partial charge in [0.05, 0.1) is 6.10 Å². The topological polar surface area (TPSA) is 58.8 Å². The predicted octanol–water partition coefficient (Wildman–Crippen LogP) is 1.67. The number of likely N-dealkylation sites (tertiary alicyclic amines) is 1. The van der Waals surface area contributed by atoms with Gasteiger partial charge in [-0.25, -0.2) is 0 Å². The molecule has 0 aliphatic carbocycles. The Morgan fingerprint density at radius 1 is 1.27 bits per heavy atom. The van der Waals surface area contributed by atoms with E-state index in [1.165, 1.54) is 25.8 Å². The van der Waals surface area contributed by atoms with Crippen molar-refractivity contribution in [1.29, 1.82) is 0 Å². The predicted molar refractivity (Wildman–Crippen MR) is 94.0 cm³/mol. The molecular weight excluding hydrogens is 325 g/mol. The number of carbonyl (C=O) groups is 1. The summed E-state index contributed by atoms with van der Waals surface area (Å²) in [6.45, 7) is 2.52. The van der Waals surface area contributed by atoms with Crippen molar-refractivity contribution in [3.63, 3.8) is 0 Å². The van der Waals surface area contributed by atoms with E-state index in [1.54, 1.807) is 0 Å². The van der Waals surface area contributed by atoms with Gasteiger partial charge < -0.3 is 20.3 Å². The summed E-state index contributed by atoms with van der Waals surface area (Å²) < 4.78 is 5.68. The van der Waals surface area contributed by atoms with Crippen LogP contribution in [0.15, 0.2) is 0 Å². The van der Waals surface area contributed by atoms with Crippen LogP contribution in [0.4, 0.5) is 0 Å². The molecule has 2 aliphatic rings. The zero-order chi connectivity index (χ0) is 14.5. The van der Waals surface area contributed by atoms with Crippen molar-refractivity contribution >= 4 is 30.7 Å². The van der Waals surface area contributed by atoms with Gasteiger partial charge in [-0.2, -0.15) is 0 Å². The first kappa shape index (κ1) is 21.9. The summed E-state index contributed by atoms with van der Waals surface area (Å²) in [5, 5.41) is 0. The van der Waals surface area contributed by atoms with Crippen molar-refractivity contribution in [1.82, 2.24) is 9.80 Å². The Kier molecular flexibility index (Phi) is 10.6. The smallest absolute Gasteiger partial charge is 0.251 e. The number of amides is 1. The number of nitrogens with zero attached hydrogens (tertiary/aromatic N) is 2. The fourth-order valence-corrected chi connectivity index (χ4v) is 3.27. The van der Waals surface area contributed by atoms with Gasteiger partial charge in [-0.15, -0.1) is 24.8 Å². The molecule has 1 unspecified atom stereocenters. The number of hydrogen-bond donors (Lipinski definition) is 1. The molecule has 0 saturated carbocycles. The number of carbonyl (C=O) groups excluding carboxylic acids is 1. The molecule has 7 heteroatoms. The van der Waals surface area contributed by atoms with Crippen LogP contribution < -0.4 is 5.73 Å². The molecule has 0 aromatic carbocycles. The fraction of sp³-hybridized carbons (Fsp3) is 0.933. The minimum absolute atomic E-state index is 0. The lowest BCUT2D eigenvalue weighted by Crippen LogP contribution is -2.42. The molecule has 2 heterocycles. The summed E-state index contributed by atoms with van der Waals surface area (Å²) in [7, 11) is 4.09. The van der Waals surface area contributed by atoms with Crippen molar-refractivity contribution in [3.8, 4) is 0 Å². The van der Waals surface area contributed by atoms with Crippen LogP contribution in [-0.2, 0) is 9.53 Å². The van der Waals surface area contributed by atoms with Crippen LogP contribution in [0, 0.1) is 0 Å². The minimum atomic E-state index is -0.266. The second-order valence-electron chi connectivity index (χ2n) is 6.24. The van der Waals surface area contributed by atoms with Crippen LogP contribution in [0.25, 0.3) is 0 Å². The van der Waals surface area contributed by atoms with E-state index in [0.717, 1.165) is 25.8 Å². The Labute approximate surface area is 146 Å². The van der Waals surface area contributed by atoms with Crippen LogP contribution >= 0.6 is 24.8 Å². The average Bonchev–Trinajstić information content (AvgIpc) is 2.94. The number of piperidine rings is 1. The van der Waals surface area contributed by atoms with Gasteiger partial charge in [-0.3, -0.25) is 4.79 Å². The Balaban J connectivity index is 0.00000220. The molecule has 1 amide bonds. The summed E-state index contributed by atoms with van der Waals surface area (Å²) >= 11 is 0. The molecular formula is C15H31Cl2N3O2. The fourth-order valence-electron chi connectivity index (χ4n) is 3.27. The van der Waals surface area contributed by atoms with Crippen LogP contribution in [-0.4, -0.2) is 67.7 Å². The molecule has 2 saturated heterocycles. The number of ether oxygens (including phenoxy) is 1. The van der Waals surface area contributed by atoms with E-state index in [1.807, 2.05) is 11.9 Å². The lowest BCUT2D eigenvalue weighted by molar-refractivity contribution is -0.141. The van der Waals surface area contributed by atoms with E-state index < -0.39 is 0 Å². The Hall–Kier alpha value is -0.0700. The standard InChI is InChI=1S/C15H29N3O2.2ClH/c1-17-9-4-3-5-12(17)8-10-18(2)15(19)14-7-6-13(11-16)20-14;;/h12-14H,3-11,16H2,1-2H3;2*1H/t12?,13-,14+;;/m1../s1.